The number of halogens is 1. The van der Waals surface area contributed by atoms with Crippen molar-refractivity contribution >= 4 is 51.9 Å². The first kappa shape index (κ1) is 27.8. The van der Waals surface area contributed by atoms with Crippen LogP contribution in [0, 0.1) is 0 Å². The molecule has 2 aliphatic heterocycles. The number of anilines is 3. The fraction of sp³-hybridized carbons (Fsp3) is 0.206. The van der Waals surface area contributed by atoms with Gasteiger partial charge in [0.2, 0.25) is 11.8 Å². The van der Waals surface area contributed by atoms with E-state index < -0.39 is 5.92 Å². The Hall–Kier alpha value is -4.30. The van der Waals surface area contributed by atoms with E-state index in [2.05, 4.69) is 22.2 Å². The van der Waals surface area contributed by atoms with E-state index in [0.29, 0.717) is 28.7 Å². The van der Waals surface area contributed by atoms with Gasteiger partial charge in [0.25, 0.3) is 0 Å². The van der Waals surface area contributed by atoms with E-state index in [-0.39, 0.29) is 11.8 Å². The second-order valence-corrected chi connectivity index (χ2v) is 11.1. The van der Waals surface area contributed by atoms with E-state index in [4.69, 9.17) is 16.6 Å². The summed E-state index contributed by atoms with van der Waals surface area (Å²) in [4.78, 5) is 38.2. The van der Waals surface area contributed by atoms with Crippen molar-refractivity contribution in [2.45, 2.75) is 5.92 Å². The highest BCUT2D eigenvalue weighted by molar-refractivity contribution is 6.31. The number of fused-ring (bicyclic) bond motifs is 1. The van der Waals surface area contributed by atoms with Crippen molar-refractivity contribution in [1.82, 2.24) is 9.80 Å². The quantitative estimate of drug-likeness (QED) is 0.269. The molecule has 1 unspecified atom stereocenters. The van der Waals surface area contributed by atoms with Crippen LogP contribution < -0.4 is 10.2 Å². The Morgan fingerprint density at radius 2 is 1.52 bits per heavy atom. The van der Waals surface area contributed by atoms with E-state index in [1.807, 2.05) is 91.0 Å². The molecule has 0 aromatic heterocycles. The van der Waals surface area contributed by atoms with Gasteiger partial charge in [0.05, 0.1) is 17.9 Å². The summed E-state index contributed by atoms with van der Waals surface area (Å²) in [5.41, 5.74) is 5.32. The summed E-state index contributed by atoms with van der Waals surface area (Å²) in [6.07, 6.45) is 0. The van der Waals surface area contributed by atoms with Crippen LogP contribution in [0.15, 0.2) is 108 Å². The van der Waals surface area contributed by atoms with Gasteiger partial charge >= 0.3 is 0 Å². The average Bonchev–Trinajstić information content (AvgIpc) is 3.33. The number of aliphatic imine (C=N–C) groups is 1. The Labute approximate surface area is 251 Å². The third-order valence-electron chi connectivity index (χ3n) is 7.77. The minimum atomic E-state index is -0.578. The molecule has 8 heteroatoms. The van der Waals surface area contributed by atoms with Gasteiger partial charge in [-0.1, -0.05) is 66.2 Å². The summed E-state index contributed by atoms with van der Waals surface area (Å²) < 4.78 is 0. The first-order valence-electron chi connectivity index (χ1n) is 14.1. The maximum Gasteiger partial charge on any atom is 0.245 e. The number of nitrogens with one attached hydrogen (secondary N) is 1. The van der Waals surface area contributed by atoms with Gasteiger partial charge in [0.1, 0.15) is 5.92 Å². The molecule has 4 aromatic carbocycles. The normalized spacial score (nSPS) is 17.5. The van der Waals surface area contributed by atoms with Crippen molar-refractivity contribution in [2.24, 2.45) is 4.99 Å². The lowest BCUT2D eigenvalue weighted by Gasteiger charge is -2.33. The summed E-state index contributed by atoms with van der Waals surface area (Å²) in [6, 6.07) is 32.5. The van der Waals surface area contributed by atoms with Crippen molar-refractivity contribution in [2.75, 3.05) is 50.0 Å². The van der Waals surface area contributed by atoms with Crippen LogP contribution in [0.25, 0.3) is 0 Å². The lowest BCUT2D eigenvalue weighted by molar-refractivity contribution is -0.119. The molecular weight excluding hydrogens is 546 g/mol. The van der Waals surface area contributed by atoms with Crippen LogP contribution in [0.2, 0.25) is 5.02 Å². The summed E-state index contributed by atoms with van der Waals surface area (Å²) in [7, 11) is 2.11. The Kier molecular flexibility index (Phi) is 8.15. The Morgan fingerprint density at radius 3 is 2.21 bits per heavy atom. The highest BCUT2D eigenvalue weighted by Crippen LogP contribution is 2.38. The lowest BCUT2D eigenvalue weighted by atomic mass is 9.90. The molecule has 7 nitrogen and oxygen atoms in total. The topological polar surface area (TPSA) is 68.2 Å². The summed E-state index contributed by atoms with van der Waals surface area (Å²) >= 11 is 6.20. The maximum absolute atomic E-state index is 13.7. The molecule has 6 rings (SSSR count). The Bertz CT molecular complexity index is 1600. The largest absolute Gasteiger partial charge is 0.325 e. The van der Waals surface area contributed by atoms with Crippen LogP contribution in [-0.4, -0.2) is 67.1 Å². The minimum absolute atomic E-state index is 0.0184. The first-order chi connectivity index (χ1) is 20.5. The molecule has 2 aliphatic rings. The molecule has 2 heterocycles. The van der Waals surface area contributed by atoms with Crippen LogP contribution in [0.3, 0.4) is 0 Å². The number of hydrogen-bond acceptors (Lipinski definition) is 5. The monoisotopic (exact) mass is 577 g/mol. The van der Waals surface area contributed by atoms with E-state index >= 15 is 0 Å². The molecule has 1 atom stereocenters. The molecule has 212 valence electrons. The number of likely N-dealkylation sites (N-methyl/N-ethyl adjacent to an activating group) is 1. The summed E-state index contributed by atoms with van der Waals surface area (Å²) in [5.74, 6) is -0.702. The number of piperazine rings is 1. The molecular formula is C34H32ClN5O2. The number of amides is 2. The summed E-state index contributed by atoms with van der Waals surface area (Å²) in [5, 5.41) is 3.52. The number of carbonyl (C=O) groups is 2. The van der Waals surface area contributed by atoms with Crippen LogP contribution in [0.1, 0.15) is 17.0 Å². The van der Waals surface area contributed by atoms with Gasteiger partial charge in [-0.05, 0) is 66.7 Å². The molecule has 42 heavy (non-hydrogen) atoms. The van der Waals surface area contributed by atoms with E-state index in [1.54, 1.807) is 17.0 Å². The lowest BCUT2D eigenvalue weighted by Crippen LogP contribution is -2.48. The standard InChI is InChI=1S/C34H32ClN5O2/c1-38-18-20-39(21-19-38)23-31(41)40(27-10-6-3-7-11-27)28-15-13-26(14-16-28)36-33(24-8-4-2-5-9-24)32-29-17-12-25(35)22-30(29)37-34(32)42/h2-17,22,32H,18-21,23H2,1H3,(H,37,42). The first-order valence-corrected chi connectivity index (χ1v) is 14.5. The molecule has 0 bridgehead atoms. The second-order valence-electron chi connectivity index (χ2n) is 10.7. The van der Waals surface area contributed by atoms with E-state index in [1.165, 1.54) is 0 Å². The van der Waals surface area contributed by atoms with Gasteiger partial charge in [-0.25, -0.2) is 0 Å². The third kappa shape index (κ3) is 5.99. The average molecular weight is 578 g/mol. The third-order valence-corrected chi connectivity index (χ3v) is 8.00. The SMILES string of the molecule is CN1CCN(CC(=O)N(c2ccccc2)c2ccc(N=C(c3ccccc3)C3C(=O)Nc4cc(Cl)ccc43)cc2)CC1. The molecule has 1 fully saturated rings. The number of hydrogen-bond donors (Lipinski definition) is 1. The number of carbonyl (C=O) groups excluding carboxylic acids is 2. The molecule has 0 saturated carbocycles. The molecule has 1 N–H and O–H groups in total. The van der Waals surface area contributed by atoms with E-state index in [9.17, 15) is 9.59 Å². The number of nitrogens with zero attached hydrogens (tertiary/aromatic N) is 4. The molecule has 4 aromatic rings. The van der Waals surface area contributed by atoms with Gasteiger partial charge < -0.3 is 10.2 Å². The number of rotatable bonds is 7. The van der Waals surface area contributed by atoms with Gasteiger partial charge in [0, 0.05) is 48.3 Å². The second kappa shape index (κ2) is 12.3. The highest BCUT2D eigenvalue weighted by atomic mass is 35.5. The van der Waals surface area contributed by atoms with Crippen LogP contribution in [0.5, 0.6) is 0 Å². The zero-order valence-corrected chi connectivity index (χ0v) is 24.2. The zero-order valence-electron chi connectivity index (χ0n) is 23.4. The Morgan fingerprint density at radius 1 is 0.881 bits per heavy atom. The van der Waals surface area contributed by atoms with Crippen LogP contribution in [0.4, 0.5) is 22.7 Å². The predicted octanol–water partition coefficient (Wildman–Crippen LogP) is 6.11. The number of benzene rings is 4. The van der Waals surface area contributed by atoms with Crippen LogP contribution in [-0.2, 0) is 9.59 Å². The fourth-order valence-corrected chi connectivity index (χ4v) is 5.68. The van der Waals surface area contributed by atoms with Gasteiger partial charge in [-0.3, -0.25) is 24.4 Å². The smallest absolute Gasteiger partial charge is 0.245 e. The molecule has 1 saturated heterocycles. The van der Waals surface area contributed by atoms with Crippen molar-refractivity contribution in [3.63, 3.8) is 0 Å². The van der Waals surface area contributed by atoms with Crippen molar-refractivity contribution < 1.29 is 9.59 Å². The molecule has 0 radical (unpaired) electrons. The fourth-order valence-electron chi connectivity index (χ4n) is 5.51. The maximum atomic E-state index is 13.7. The molecule has 0 spiro atoms. The van der Waals surface area contributed by atoms with Crippen molar-refractivity contribution in [1.29, 1.82) is 0 Å². The molecule has 0 aliphatic carbocycles. The molecule has 2 amide bonds. The minimum Gasteiger partial charge on any atom is -0.325 e. The highest BCUT2D eigenvalue weighted by Gasteiger charge is 2.35. The van der Waals surface area contributed by atoms with E-state index in [0.717, 1.165) is 48.7 Å². The van der Waals surface area contributed by atoms with Crippen molar-refractivity contribution in [3.05, 3.63) is 119 Å². The Balaban J connectivity index is 1.33. The summed E-state index contributed by atoms with van der Waals surface area (Å²) in [6.45, 7) is 3.98. The zero-order chi connectivity index (χ0) is 29.1. The van der Waals surface area contributed by atoms with Gasteiger partial charge in [0.15, 0.2) is 0 Å². The van der Waals surface area contributed by atoms with Gasteiger partial charge in [-0.15, -0.1) is 0 Å². The van der Waals surface area contributed by atoms with Crippen molar-refractivity contribution in [3.8, 4) is 0 Å². The predicted molar refractivity (Wildman–Crippen MR) is 169 cm³/mol. The number of para-hydroxylation sites is 1. The van der Waals surface area contributed by atoms with Crippen LogP contribution >= 0.6 is 11.6 Å². The van der Waals surface area contributed by atoms with Gasteiger partial charge in [-0.2, -0.15) is 0 Å².